The quantitative estimate of drug-likeness (QED) is 0.378. The maximum atomic E-state index is 11.2. The molecule has 0 fully saturated rings. The number of carbonyl (C=O) groups is 1. The molecule has 0 amide bonds. The lowest BCUT2D eigenvalue weighted by molar-refractivity contribution is -0.149. The van der Waals surface area contributed by atoms with Gasteiger partial charge in [-0.15, -0.1) is 0 Å². The SMILES string of the molecule is C=C(C)C(=O)OC(CO)COCCCSC. The maximum absolute atomic E-state index is 11.2. The second-order valence-electron chi connectivity index (χ2n) is 3.41. The van der Waals surface area contributed by atoms with Crippen molar-refractivity contribution in [3.8, 4) is 0 Å². The average Bonchev–Trinajstić information content (AvgIpc) is 2.26. The molecule has 0 heterocycles. The zero-order valence-corrected chi connectivity index (χ0v) is 10.7. The summed E-state index contributed by atoms with van der Waals surface area (Å²) in [6, 6.07) is 0. The molecule has 0 aromatic rings. The molecule has 0 rings (SSSR count). The summed E-state index contributed by atoms with van der Waals surface area (Å²) >= 11 is 1.75. The van der Waals surface area contributed by atoms with E-state index in [2.05, 4.69) is 6.58 Å². The molecular weight excluding hydrogens is 228 g/mol. The van der Waals surface area contributed by atoms with Gasteiger partial charge >= 0.3 is 5.97 Å². The number of carbonyl (C=O) groups excluding carboxylic acids is 1. The second kappa shape index (κ2) is 9.69. The van der Waals surface area contributed by atoms with Gasteiger partial charge in [-0.05, 0) is 25.4 Å². The number of thioether (sulfide) groups is 1. The minimum atomic E-state index is -0.599. The first kappa shape index (κ1) is 15.5. The summed E-state index contributed by atoms with van der Waals surface area (Å²) < 4.78 is 10.2. The number of hydrogen-bond acceptors (Lipinski definition) is 5. The molecule has 0 radical (unpaired) electrons. The predicted molar refractivity (Wildman–Crippen MR) is 65.6 cm³/mol. The highest BCUT2D eigenvalue weighted by Crippen LogP contribution is 2.01. The van der Waals surface area contributed by atoms with Crippen LogP contribution < -0.4 is 0 Å². The van der Waals surface area contributed by atoms with Gasteiger partial charge in [0.05, 0.1) is 13.2 Å². The Hall–Kier alpha value is -0.520. The van der Waals surface area contributed by atoms with E-state index in [1.165, 1.54) is 0 Å². The van der Waals surface area contributed by atoms with Crippen LogP contribution in [0.5, 0.6) is 0 Å². The summed E-state index contributed by atoms with van der Waals surface area (Å²) in [6.07, 6.45) is 2.39. The highest BCUT2D eigenvalue weighted by Gasteiger charge is 2.13. The van der Waals surface area contributed by atoms with E-state index >= 15 is 0 Å². The third-order valence-corrected chi connectivity index (χ3v) is 2.46. The molecule has 94 valence electrons. The Labute approximate surface area is 101 Å². The third kappa shape index (κ3) is 7.73. The van der Waals surface area contributed by atoms with Gasteiger partial charge in [0.15, 0.2) is 0 Å². The van der Waals surface area contributed by atoms with Crippen molar-refractivity contribution in [1.29, 1.82) is 0 Å². The molecule has 0 aliphatic heterocycles. The van der Waals surface area contributed by atoms with Crippen molar-refractivity contribution < 1.29 is 19.4 Å². The van der Waals surface area contributed by atoms with Gasteiger partial charge in [0.25, 0.3) is 0 Å². The van der Waals surface area contributed by atoms with Crippen LogP contribution in [0.2, 0.25) is 0 Å². The van der Waals surface area contributed by atoms with Gasteiger partial charge in [0.2, 0.25) is 0 Å². The van der Waals surface area contributed by atoms with Crippen LogP contribution in [-0.4, -0.2) is 49.0 Å². The van der Waals surface area contributed by atoms with E-state index in [4.69, 9.17) is 14.6 Å². The largest absolute Gasteiger partial charge is 0.454 e. The summed E-state index contributed by atoms with van der Waals surface area (Å²) in [7, 11) is 0. The van der Waals surface area contributed by atoms with E-state index in [1.54, 1.807) is 18.7 Å². The molecule has 1 unspecified atom stereocenters. The Morgan fingerprint density at radius 3 is 2.75 bits per heavy atom. The summed E-state index contributed by atoms with van der Waals surface area (Å²) in [4.78, 5) is 11.2. The molecular formula is C11H20O4S. The van der Waals surface area contributed by atoms with E-state index in [0.717, 1.165) is 12.2 Å². The van der Waals surface area contributed by atoms with Crippen molar-refractivity contribution in [3.63, 3.8) is 0 Å². The first-order valence-corrected chi connectivity index (χ1v) is 6.55. The molecule has 0 bridgehead atoms. The summed E-state index contributed by atoms with van der Waals surface area (Å²) in [5.41, 5.74) is 0.320. The molecule has 0 saturated carbocycles. The Balaban J connectivity index is 3.67. The number of aliphatic hydroxyl groups excluding tert-OH is 1. The van der Waals surface area contributed by atoms with Gasteiger partial charge < -0.3 is 14.6 Å². The molecule has 0 aliphatic rings. The molecule has 0 spiro atoms. The maximum Gasteiger partial charge on any atom is 0.333 e. The molecule has 1 N–H and O–H groups in total. The van der Waals surface area contributed by atoms with Crippen molar-refractivity contribution >= 4 is 17.7 Å². The highest BCUT2D eigenvalue weighted by atomic mass is 32.2. The van der Waals surface area contributed by atoms with Crippen LogP contribution in [0.3, 0.4) is 0 Å². The standard InChI is InChI=1S/C11H20O4S/c1-9(2)11(13)15-10(7-12)8-14-5-4-6-16-3/h10,12H,1,4-8H2,2-3H3. The highest BCUT2D eigenvalue weighted by molar-refractivity contribution is 7.98. The number of ether oxygens (including phenoxy) is 2. The van der Waals surface area contributed by atoms with Gasteiger partial charge in [0, 0.05) is 12.2 Å². The van der Waals surface area contributed by atoms with Crippen molar-refractivity contribution in [2.45, 2.75) is 19.4 Å². The fourth-order valence-corrected chi connectivity index (χ4v) is 1.30. The Bertz CT molecular complexity index is 218. The zero-order valence-electron chi connectivity index (χ0n) is 9.90. The Morgan fingerprint density at radius 1 is 1.56 bits per heavy atom. The van der Waals surface area contributed by atoms with Crippen LogP contribution >= 0.6 is 11.8 Å². The number of rotatable bonds is 9. The van der Waals surface area contributed by atoms with Crippen LogP contribution in [0, 0.1) is 0 Å². The minimum Gasteiger partial charge on any atom is -0.454 e. The van der Waals surface area contributed by atoms with E-state index < -0.39 is 12.1 Å². The van der Waals surface area contributed by atoms with E-state index in [1.807, 2.05) is 6.26 Å². The molecule has 0 aromatic heterocycles. The summed E-state index contributed by atoms with van der Waals surface area (Å²) in [5.74, 6) is 0.543. The Morgan fingerprint density at radius 2 is 2.25 bits per heavy atom. The lowest BCUT2D eigenvalue weighted by atomic mass is 10.3. The van der Waals surface area contributed by atoms with Crippen LogP contribution in [0.1, 0.15) is 13.3 Å². The predicted octanol–water partition coefficient (Wildman–Crippen LogP) is 1.24. The van der Waals surface area contributed by atoms with Crippen LogP contribution in [-0.2, 0) is 14.3 Å². The van der Waals surface area contributed by atoms with E-state index in [0.29, 0.717) is 12.2 Å². The lowest BCUT2D eigenvalue weighted by Gasteiger charge is -2.15. The first-order valence-electron chi connectivity index (χ1n) is 5.15. The van der Waals surface area contributed by atoms with Crippen LogP contribution in [0.25, 0.3) is 0 Å². The second-order valence-corrected chi connectivity index (χ2v) is 4.40. The van der Waals surface area contributed by atoms with E-state index in [-0.39, 0.29) is 13.2 Å². The molecule has 0 aliphatic carbocycles. The summed E-state index contributed by atoms with van der Waals surface area (Å²) in [6.45, 7) is 5.63. The monoisotopic (exact) mass is 248 g/mol. The van der Waals surface area contributed by atoms with E-state index in [9.17, 15) is 4.79 Å². The molecule has 1 atom stereocenters. The Kier molecular flexibility index (Phi) is 9.37. The molecule has 16 heavy (non-hydrogen) atoms. The van der Waals surface area contributed by atoms with Crippen molar-refractivity contribution in [1.82, 2.24) is 0 Å². The van der Waals surface area contributed by atoms with Gasteiger partial charge in [-0.2, -0.15) is 11.8 Å². The minimum absolute atomic E-state index is 0.226. The van der Waals surface area contributed by atoms with Crippen molar-refractivity contribution in [2.75, 3.05) is 31.8 Å². The van der Waals surface area contributed by atoms with Gasteiger partial charge in [-0.3, -0.25) is 0 Å². The lowest BCUT2D eigenvalue weighted by Crippen LogP contribution is -2.27. The topological polar surface area (TPSA) is 55.8 Å². The fraction of sp³-hybridized carbons (Fsp3) is 0.727. The normalized spacial score (nSPS) is 12.2. The molecule has 5 heteroatoms. The number of esters is 1. The molecule has 0 aromatic carbocycles. The van der Waals surface area contributed by atoms with Gasteiger partial charge in [-0.1, -0.05) is 6.58 Å². The van der Waals surface area contributed by atoms with Crippen LogP contribution in [0.15, 0.2) is 12.2 Å². The van der Waals surface area contributed by atoms with Gasteiger partial charge in [0.1, 0.15) is 6.10 Å². The number of aliphatic hydroxyl groups is 1. The smallest absolute Gasteiger partial charge is 0.333 e. The van der Waals surface area contributed by atoms with Crippen molar-refractivity contribution in [2.24, 2.45) is 0 Å². The first-order chi connectivity index (χ1) is 7.61. The molecule has 4 nitrogen and oxygen atoms in total. The summed E-state index contributed by atoms with van der Waals surface area (Å²) in [5, 5.41) is 8.97. The number of hydrogen-bond donors (Lipinski definition) is 1. The average molecular weight is 248 g/mol. The van der Waals surface area contributed by atoms with Gasteiger partial charge in [-0.25, -0.2) is 4.79 Å². The fourth-order valence-electron chi connectivity index (χ4n) is 0.896. The third-order valence-electron chi connectivity index (χ3n) is 1.77. The molecule has 0 saturated heterocycles. The zero-order chi connectivity index (χ0) is 12.4. The van der Waals surface area contributed by atoms with Crippen LogP contribution in [0.4, 0.5) is 0 Å². The van der Waals surface area contributed by atoms with Crippen molar-refractivity contribution in [3.05, 3.63) is 12.2 Å².